The number of non-ortho nitro benzene ring substituents is 1. The van der Waals surface area contributed by atoms with Crippen LogP contribution in [0.2, 0.25) is 0 Å². The van der Waals surface area contributed by atoms with Gasteiger partial charge in [-0.15, -0.1) is 0 Å². The van der Waals surface area contributed by atoms with Crippen LogP contribution >= 0.6 is 0 Å². The molecule has 0 aliphatic heterocycles. The number of nitro groups is 1. The van der Waals surface area contributed by atoms with Crippen molar-refractivity contribution in [2.24, 2.45) is 0 Å². The number of rotatable bonds is 4. The molecule has 0 radical (unpaired) electrons. The third kappa shape index (κ3) is 3.46. The van der Waals surface area contributed by atoms with Gasteiger partial charge in [0, 0.05) is 23.3 Å². The van der Waals surface area contributed by atoms with Gasteiger partial charge in [-0.05, 0) is 24.3 Å². The monoisotopic (exact) mass is 334 g/mol. The molecule has 0 saturated carbocycles. The average Bonchev–Trinajstić information content (AvgIpc) is 3.09. The van der Waals surface area contributed by atoms with Crippen LogP contribution in [0.25, 0.3) is 23.0 Å². The Balaban J connectivity index is 1.96. The van der Waals surface area contributed by atoms with Gasteiger partial charge in [-0.1, -0.05) is 30.3 Å². The second-order valence-electron chi connectivity index (χ2n) is 5.16. The third-order valence-corrected chi connectivity index (χ3v) is 3.54. The second kappa shape index (κ2) is 6.81. The number of nitrogens with zero attached hydrogens (tertiary/aromatic N) is 2. The van der Waals surface area contributed by atoms with E-state index >= 15 is 0 Å². The predicted octanol–water partition coefficient (Wildman–Crippen LogP) is 5.06. The third-order valence-electron chi connectivity index (χ3n) is 3.54. The normalized spacial score (nSPS) is 11.1. The summed E-state index contributed by atoms with van der Waals surface area (Å²) < 4.78 is 19.5. The molecule has 6 heteroatoms. The molecule has 0 spiro atoms. The molecule has 0 bridgehead atoms. The van der Waals surface area contributed by atoms with E-state index < -0.39 is 10.7 Å². The highest BCUT2D eigenvalue weighted by molar-refractivity contribution is 5.89. The quantitative estimate of drug-likeness (QED) is 0.379. The number of furan rings is 1. The molecule has 0 N–H and O–H groups in total. The zero-order valence-electron chi connectivity index (χ0n) is 12.8. The van der Waals surface area contributed by atoms with E-state index in [0.717, 1.165) is 0 Å². The molecule has 3 rings (SSSR count). The highest BCUT2D eigenvalue weighted by Gasteiger charge is 2.11. The number of nitriles is 1. The molecule has 0 aliphatic rings. The van der Waals surface area contributed by atoms with Crippen molar-refractivity contribution in [1.82, 2.24) is 0 Å². The molecule has 5 nitrogen and oxygen atoms in total. The molecule has 0 atom stereocenters. The topological polar surface area (TPSA) is 80.1 Å². The largest absolute Gasteiger partial charge is 0.457 e. The maximum Gasteiger partial charge on any atom is 0.270 e. The molecule has 0 amide bonds. The zero-order chi connectivity index (χ0) is 17.8. The van der Waals surface area contributed by atoms with Gasteiger partial charge in [0.05, 0.1) is 16.6 Å². The van der Waals surface area contributed by atoms with Crippen molar-refractivity contribution in [2.45, 2.75) is 0 Å². The van der Waals surface area contributed by atoms with E-state index in [9.17, 15) is 19.8 Å². The summed E-state index contributed by atoms with van der Waals surface area (Å²) in [4.78, 5) is 10.4. The van der Waals surface area contributed by atoms with Gasteiger partial charge in [0.15, 0.2) is 0 Å². The SMILES string of the molecule is N#CC(=Cc1ccc(-c2cccc([N+](=O)[O-])c2)o1)c1ccccc1F. The molecule has 2 aromatic carbocycles. The smallest absolute Gasteiger partial charge is 0.270 e. The minimum Gasteiger partial charge on any atom is -0.457 e. The van der Waals surface area contributed by atoms with Crippen LogP contribution in [-0.4, -0.2) is 4.92 Å². The first kappa shape index (κ1) is 16.1. The lowest BCUT2D eigenvalue weighted by molar-refractivity contribution is -0.384. The van der Waals surface area contributed by atoms with Gasteiger partial charge in [-0.3, -0.25) is 10.1 Å². The molecule has 0 fully saturated rings. The van der Waals surface area contributed by atoms with Gasteiger partial charge in [0.2, 0.25) is 0 Å². The van der Waals surface area contributed by atoms with Crippen molar-refractivity contribution < 1.29 is 13.7 Å². The van der Waals surface area contributed by atoms with Crippen LogP contribution in [0.3, 0.4) is 0 Å². The molecule has 3 aromatic rings. The van der Waals surface area contributed by atoms with Gasteiger partial charge in [-0.25, -0.2) is 4.39 Å². The number of halogens is 1. The molecule has 0 unspecified atom stereocenters. The lowest BCUT2D eigenvalue weighted by atomic mass is 10.1. The van der Waals surface area contributed by atoms with Crippen LogP contribution in [0.15, 0.2) is 65.1 Å². The van der Waals surface area contributed by atoms with E-state index in [0.29, 0.717) is 17.1 Å². The summed E-state index contributed by atoms with van der Waals surface area (Å²) in [6, 6.07) is 17.2. The van der Waals surface area contributed by atoms with Gasteiger partial charge in [-0.2, -0.15) is 5.26 Å². The summed E-state index contributed by atoms with van der Waals surface area (Å²) in [5.41, 5.74) is 0.796. The maximum absolute atomic E-state index is 13.8. The number of nitro benzene ring substituents is 1. The van der Waals surface area contributed by atoms with Crippen molar-refractivity contribution in [3.63, 3.8) is 0 Å². The second-order valence-corrected chi connectivity index (χ2v) is 5.16. The molecule has 1 heterocycles. The Morgan fingerprint density at radius 1 is 1.16 bits per heavy atom. The van der Waals surface area contributed by atoms with E-state index in [1.165, 1.54) is 30.3 Å². The van der Waals surface area contributed by atoms with Crippen molar-refractivity contribution in [3.05, 3.63) is 87.9 Å². The zero-order valence-corrected chi connectivity index (χ0v) is 12.8. The maximum atomic E-state index is 13.8. The fourth-order valence-corrected chi connectivity index (χ4v) is 2.35. The van der Waals surface area contributed by atoms with Crippen LogP contribution < -0.4 is 0 Å². The Kier molecular flexibility index (Phi) is 4.40. The Morgan fingerprint density at radius 3 is 2.68 bits per heavy atom. The minimum atomic E-state index is -0.499. The Bertz CT molecular complexity index is 1020. The molecule has 0 saturated heterocycles. The first-order valence-corrected chi connectivity index (χ1v) is 7.30. The van der Waals surface area contributed by atoms with Crippen molar-refractivity contribution in [3.8, 4) is 17.4 Å². The fourth-order valence-electron chi connectivity index (χ4n) is 2.35. The first-order valence-electron chi connectivity index (χ1n) is 7.30. The van der Waals surface area contributed by atoms with E-state index in [1.54, 1.807) is 36.4 Å². The summed E-state index contributed by atoms with van der Waals surface area (Å²) in [6.07, 6.45) is 1.43. The Hall–Kier alpha value is -3.72. The van der Waals surface area contributed by atoms with Crippen LogP contribution in [0.1, 0.15) is 11.3 Å². The average molecular weight is 334 g/mol. The van der Waals surface area contributed by atoms with Gasteiger partial charge < -0.3 is 4.42 Å². The summed E-state index contributed by atoms with van der Waals surface area (Å²) in [5, 5.41) is 20.1. The van der Waals surface area contributed by atoms with Crippen molar-refractivity contribution in [1.29, 1.82) is 5.26 Å². The van der Waals surface area contributed by atoms with Crippen LogP contribution in [0, 0.1) is 27.3 Å². The summed E-state index contributed by atoms with van der Waals surface area (Å²) in [6.45, 7) is 0. The van der Waals surface area contributed by atoms with E-state index in [4.69, 9.17) is 4.42 Å². The van der Waals surface area contributed by atoms with E-state index in [1.807, 2.05) is 6.07 Å². The molecular formula is C19H11FN2O3. The van der Waals surface area contributed by atoms with Crippen molar-refractivity contribution >= 4 is 17.3 Å². The predicted molar refractivity (Wildman–Crippen MR) is 90.7 cm³/mol. The van der Waals surface area contributed by atoms with Crippen molar-refractivity contribution in [2.75, 3.05) is 0 Å². The number of allylic oxidation sites excluding steroid dienone is 1. The lowest BCUT2D eigenvalue weighted by Gasteiger charge is -2.00. The molecule has 25 heavy (non-hydrogen) atoms. The first-order chi connectivity index (χ1) is 12.1. The summed E-state index contributed by atoms with van der Waals surface area (Å²) in [5.74, 6) is 0.267. The standard InChI is InChI=1S/C19H11FN2O3/c20-18-7-2-1-6-17(18)14(12-21)11-16-8-9-19(25-16)13-4-3-5-15(10-13)22(23)24/h1-11H. The lowest BCUT2D eigenvalue weighted by Crippen LogP contribution is -1.87. The number of hydrogen-bond donors (Lipinski definition) is 0. The number of benzene rings is 2. The summed E-state index contributed by atoms with van der Waals surface area (Å²) >= 11 is 0. The molecular weight excluding hydrogens is 323 g/mol. The van der Waals surface area contributed by atoms with Crippen LogP contribution in [0.4, 0.5) is 10.1 Å². The van der Waals surface area contributed by atoms with Gasteiger partial charge in [0.25, 0.3) is 5.69 Å². The van der Waals surface area contributed by atoms with Gasteiger partial charge >= 0.3 is 0 Å². The Morgan fingerprint density at radius 2 is 1.96 bits per heavy atom. The fraction of sp³-hybridized carbons (Fsp3) is 0. The minimum absolute atomic E-state index is 0.0462. The van der Waals surface area contributed by atoms with E-state index in [2.05, 4.69) is 0 Å². The highest BCUT2D eigenvalue weighted by atomic mass is 19.1. The Labute approximate surface area is 142 Å². The summed E-state index contributed by atoms with van der Waals surface area (Å²) in [7, 11) is 0. The number of hydrogen-bond acceptors (Lipinski definition) is 4. The van der Waals surface area contributed by atoms with Crippen LogP contribution in [0.5, 0.6) is 0 Å². The molecule has 0 aliphatic carbocycles. The van der Waals surface area contributed by atoms with E-state index in [-0.39, 0.29) is 16.8 Å². The van der Waals surface area contributed by atoms with Gasteiger partial charge in [0.1, 0.15) is 17.3 Å². The molecule has 122 valence electrons. The molecule has 1 aromatic heterocycles. The van der Waals surface area contributed by atoms with Crippen LogP contribution in [-0.2, 0) is 0 Å². The highest BCUT2D eigenvalue weighted by Crippen LogP contribution is 2.28.